The quantitative estimate of drug-likeness (QED) is 0.0909. The van der Waals surface area contributed by atoms with Gasteiger partial charge >= 0.3 is 23.4 Å². The second-order valence-electron chi connectivity index (χ2n) is 11.6. The van der Waals surface area contributed by atoms with Gasteiger partial charge in [-0.2, -0.15) is 0 Å². The zero-order valence-electron chi connectivity index (χ0n) is 29.8. The second kappa shape index (κ2) is 18.6. The van der Waals surface area contributed by atoms with Crippen LogP contribution in [0.1, 0.15) is 0 Å². The lowest BCUT2D eigenvalue weighted by Crippen LogP contribution is -3.00. The van der Waals surface area contributed by atoms with Crippen molar-refractivity contribution in [3.63, 3.8) is 0 Å². The Morgan fingerprint density at radius 3 is 1.18 bits per heavy atom. The van der Waals surface area contributed by atoms with Gasteiger partial charge in [0, 0.05) is 9.59 Å². The van der Waals surface area contributed by atoms with Crippen LogP contribution in [0.4, 0.5) is 0 Å². The Hall–Kier alpha value is -6.67. The van der Waals surface area contributed by atoms with E-state index in [0.717, 1.165) is 45.0 Å². The fraction of sp³-hybridized carbons (Fsp3) is 0.0500. The van der Waals surface area contributed by atoms with Crippen LogP contribution in [0.25, 0.3) is 56.7 Å². The molecule has 13 nitrogen and oxygen atoms in total. The van der Waals surface area contributed by atoms with Gasteiger partial charge in [0.05, 0.1) is 35.5 Å². The Bertz CT molecular complexity index is 2350. The maximum Gasteiger partial charge on any atom is 0.340 e. The average Bonchev–Trinajstić information content (AvgIpc) is 3.88. The van der Waals surface area contributed by atoms with Gasteiger partial charge in [-0.3, -0.25) is 0 Å². The molecule has 2 heterocycles. The topological polar surface area (TPSA) is 131 Å². The molecule has 0 spiro atoms. The van der Waals surface area contributed by atoms with E-state index in [4.69, 9.17) is 40.0 Å². The fourth-order valence-electron chi connectivity index (χ4n) is 5.79. The minimum atomic E-state index is -1.03. The van der Waals surface area contributed by atoms with Crippen molar-refractivity contribution < 1.29 is 48.3 Å². The van der Waals surface area contributed by atoms with E-state index in [0.29, 0.717) is 23.1 Å². The molecule has 56 heavy (non-hydrogen) atoms. The normalized spacial score (nSPS) is 10.3. The van der Waals surface area contributed by atoms with E-state index < -0.39 is 4.44 Å². The van der Waals surface area contributed by atoms with Crippen molar-refractivity contribution in [1.29, 1.82) is 0 Å². The molecule has 282 valence electrons. The van der Waals surface area contributed by atoms with Crippen LogP contribution in [0.3, 0.4) is 0 Å². The molecule has 0 amide bonds. The third-order valence-electron chi connectivity index (χ3n) is 8.28. The molecule has 0 aliphatic rings. The molecule has 8 aromatic rings. The molecule has 0 bridgehead atoms. The summed E-state index contributed by atoms with van der Waals surface area (Å²) in [5.74, 6) is 2.45. The highest BCUT2D eigenvalue weighted by molar-refractivity contribution is 6.04. The Morgan fingerprint density at radius 2 is 0.857 bits per heavy atom. The first-order chi connectivity index (χ1) is 26.4. The van der Waals surface area contributed by atoms with Crippen molar-refractivity contribution in [3.8, 4) is 68.2 Å². The van der Waals surface area contributed by atoms with E-state index in [1.807, 2.05) is 158 Å². The summed E-state index contributed by atoms with van der Waals surface area (Å²) in [4.78, 5) is 15.7. The third-order valence-corrected chi connectivity index (χ3v) is 8.28. The monoisotopic (exact) mass is 807 g/mol. The molecule has 0 fully saturated rings. The zero-order valence-corrected chi connectivity index (χ0v) is 32.1. The summed E-state index contributed by atoms with van der Waals surface area (Å²) in [7, 11) is 3.32. The number of tetrazole rings is 2. The second-order valence-corrected chi connectivity index (χ2v) is 11.9. The predicted octanol–water partition coefficient (Wildman–Crippen LogP) is 0.845. The van der Waals surface area contributed by atoms with Gasteiger partial charge in [0.25, 0.3) is 0 Å². The van der Waals surface area contributed by atoms with Crippen LogP contribution in [0.2, 0.25) is 0 Å². The first-order valence-electron chi connectivity index (χ1n) is 16.6. The summed E-state index contributed by atoms with van der Waals surface area (Å²) in [6.07, 6.45) is 0. The minimum absolute atomic E-state index is 0. The number of para-hydroxylation sites is 2. The lowest BCUT2D eigenvalue weighted by molar-refractivity contribution is -0.734. The number of methoxy groups -OCH3 is 2. The number of aromatic nitrogens is 8. The van der Waals surface area contributed by atoms with Crippen LogP contribution >= 0.6 is 11.8 Å². The van der Waals surface area contributed by atoms with Crippen molar-refractivity contribution in [2.75, 3.05) is 14.2 Å². The van der Waals surface area contributed by atoms with Gasteiger partial charge in [-0.15, -0.1) is 0 Å². The van der Waals surface area contributed by atoms with Gasteiger partial charge in [-0.05, 0) is 116 Å². The molecule has 0 aliphatic carbocycles. The molecule has 8 rings (SSSR count). The molecule has 16 heteroatoms. The highest BCUT2D eigenvalue weighted by atomic mass is 35.5. The lowest BCUT2D eigenvalue weighted by atomic mass is 10.0. The number of benzene rings is 6. The average molecular weight is 809 g/mol. The maximum atomic E-state index is 8.57. The first kappa shape index (κ1) is 40.5. The smallest absolute Gasteiger partial charge is 0.340 e. The van der Waals surface area contributed by atoms with Gasteiger partial charge in [0.2, 0.25) is 11.4 Å². The summed E-state index contributed by atoms with van der Waals surface area (Å²) < 4.78 is 10.9. The summed E-state index contributed by atoms with van der Waals surface area (Å²) in [6, 6.07) is 51.7. The molecule has 0 saturated heterocycles. The van der Waals surface area contributed by atoms with Crippen LogP contribution in [0.15, 0.2) is 158 Å². The molecule has 0 radical (unpaired) electrons. The number of hydrogen-bond donors (Lipinski definition) is 0. The molecular weight excluding hydrogens is 777 g/mol. The predicted molar refractivity (Wildman–Crippen MR) is 202 cm³/mol. The number of nitro groups is 1. The van der Waals surface area contributed by atoms with Gasteiger partial charge in [0.15, 0.2) is 15.9 Å². The Labute approximate surface area is 339 Å². The highest BCUT2D eigenvalue weighted by Crippen LogP contribution is 2.32. The van der Waals surface area contributed by atoms with Gasteiger partial charge in [-0.25, -0.2) is 10.1 Å². The fourth-order valence-corrected chi connectivity index (χ4v) is 5.79. The van der Waals surface area contributed by atoms with E-state index in [9.17, 15) is 0 Å². The summed E-state index contributed by atoms with van der Waals surface area (Å²) >= 11 is 4.00. The summed E-state index contributed by atoms with van der Waals surface area (Å²) in [6.45, 7) is 0. The number of ether oxygens (including phenoxy) is 2. The number of nitrogens with zero attached hydrogens (tertiary/aromatic N) is 9. The van der Waals surface area contributed by atoms with Crippen LogP contribution in [0.5, 0.6) is 11.5 Å². The minimum Gasteiger partial charge on any atom is -1.00 e. The molecule has 0 saturated carbocycles. The van der Waals surface area contributed by atoms with Crippen molar-refractivity contribution in [2.24, 2.45) is 0 Å². The molecule has 0 atom stereocenters. The third kappa shape index (κ3) is 8.82. The van der Waals surface area contributed by atoms with Gasteiger partial charge < -0.3 is 34.3 Å². The SMILES string of the molecule is COc1cc(-c2ccc(-[n+]3nc(-c4ccccc4)nn3-c3ccccc3)c(OC)c2)ccc1-[n+]1nc(-c2ccccc2)nn1-c1ccccc1.O=[N+]([O-])Cl.[Cl-].[Cl-]. The molecule has 0 N–H and O–H groups in total. The first-order valence-corrected chi connectivity index (χ1v) is 17.0. The maximum absolute atomic E-state index is 8.57. The molecule has 6 aromatic carbocycles. The Balaban J connectivity index is 0.000000956. The van der Waals surface area contributed by atoms with Crippen LogP contribution in [-0.2, 0) is 0 Å². The standard InChI is InChI=1S/C40H32N8O2.ClNO2.2ClH/c1-49-37-27-31(23-25-35(37)47-43-39(29-15-7-3-8-16-29)41-45(47)33-19-11-5-12-20-33)32-24-26-36(38(28-32)50-2)48-44-40(30-17-9-4-10-18-30)42-46(48)34-21-13-6-14-22-34;1-2(3)4;;/h3-28H,1-2H3;;2*1H/q+2;;;/p-2. The van der Waals surface area contributed by atoms with E-state index in [1.165, 1.54) is 0 Å². The molecular formula is C40H32Cl3N9O4. The number of rotatable bonds is 9. The number of halogens is 3. The van der Waals surface area contributed by atoms with Crippen molar-refractivity contribution >= 4 is 11.8 Å². The number of hydrogen-bond acceptors (Lipinski definition) is 8. The van der Waals surface area contributed by atoms with E-state index in [1.54, 1.807) is 33.4 Å². The zero-order chi connectivity index (χ0) is 37.4. The Kier molecular flexibility index (Phi) is 13.4. The van der Waals surface area contributed by atoms with E-state index in [2.05, 4.69) is 11.8 Å². The van der Waals surface area contributed by atoms with Crippen LogP contribution < -0.4 is 43.9 Å². The Morgan fingerprint density at radius 1 is 0.536 bits per heavy atom. The van der Waals surface area contributed by atoms with E-state index in [-0.39, 0.29) is 24.8 Å². The van der Waals surface area contributed by atoms with E-state index >= 15 is 0 Å². The van der Waals surface area contributed by atoms with Crippen LogP contribution in [0, 0.1) is 10.1 Å². The molecule has 2 aromatic heterocycles. The van der Waals surface area contributed by atoms with Crippen molar-refractivity contribution in [2.45, 2.75) is 0 Å². The van der Waals surface area contributed by atoms with Gasteiger partial charge in [0.1, 0.15) is 11.4 Å². The highest BCUT2D eigenvalue weighted by Gasteiger charge is 2.28. The van der Waals surface area contributed by atoms with Crippen molar-refractivity contribution in [3.05, 3.63) is 168 Å². The van der Waals surface area contributed by atoms with Crippen molar-refractivity contribution in [1.82, 2.24) is 30.0 Å². The van der Waals surface area contributed by atoms with Crippen LogP contribution in [-0.4, -0.2) is 48.6 Å². The summed E-state index contributed by atoms with van der Waals surface area (Å²) in [5.41, 5.74) is 6.90. The molecule has 0 aliphatic heterocycles. The van der Waals surface area contributed by atoms with Gasteiger partial charge in [-0.1, -0.05) is 72.8 Å². The molecule has 0 unspecified atom stereocenters. The summed E-state index contributed by atoms with van der Waals surface area (Å²) in [5, 5.41) is 28.2. The lowest BCUT2D eigenvalue weighted by Gasteiger charge is -2.11. The largest absolute Gasteiger partial charge is 1.00 e.